The lowest BCUT2D eigenvalue weighted by Gasteiger charge is -2.33. The summed E-state index contributed by atoms with van der Waals surface area (Å²) in [5.41, 5.74) is -1.43. The molecule has 0 radical (unpaired) electrons. The summed E-state index contributed by atoms with van der Waals surface area (Å²) >= 11 is 0. The number of carboxylic acid groups (broad SMARTS) is 1. The van der Waals surface area contributed by atoms with Gasteiger partial charge in [0.1, 0.15) is 18.8 Å². The minimum Gasteiger partial charge on any atom is -0.481 e. The maximum Gasteiger partial charge on any atom is 0.312 e. The Bertz CT molecular complexity index is 2020. The normalized spacial score (nSPS) is 30.8. The molecule has 86 heavy (non-hydrogen) atoms. The summed E-state index contributed by atoms with van der Waals surface area (Å²) in [5.74, 6) is -0.0264. The van der Waals surface area contributed by atoms with Gasteiger partial charge in [-0.1, -0.05) is 34.6 Å². The number of ether oxygens (including phenoxy) is 12. The second-order valence-corrected chi connectivity index (χ2v) is 23.3. The molecule has 0 aliphatic carbocycles. The molecular weight excluding hydrogens is 1130 g/mol. The minimum atomic E-state index is -1.43. The lowest BCUT2D eigenvalue weighted by Crippen LogP contribution is -2.43. The first-order valence-corrected chi connectivity index (χ1v) is 30.3. The Hall–Kier alpha value is -5.95. The van der Waals surface area contributed by atoms with Crippen molar-refractivity contribution in [3.05, 3.63) is 0 Å². The van der Waals surface area contributed by atoms with Gasteiger partial charge < -0.3 is 67.1 Å². The Morgan fingerprint density at radius 2 is 0.977 bits per heavy atom. The Kier molecular flexibility index (Phi) is 39.6. The number of methoxy groups -OCH3 is 1. The van der Waals surface area contributed by atoms with Crippen LogP contribution in [0, 0.1) is 35.5 Å². The average Bonchev–Trinajstić information content (AvgIpc) is 4.31. The lowest BCUT2D eigenvalue weighted by molar-refractivity contribution is -0.172. The van der Waals surface area contributed by atoms with E-state index in [4.69, 9.17) is 43.0 Å². The molecule has 11 saturated heterocycles. The number of carboxylic acids is 1. The summed E-state index contributed by atoms with van der Waals surface area (Å²) in [6, 6.07) is 0. The number of aliphatic carboxylic acids is 1. The van der Waals surface area contributed by atoms with Gasteiger partial charge in [-0.2, -0.15) is 0 Å². The lowest BCUT2D eigenvalue weighted by atomic mass is 9.87. The van der Waals surface area contributed by atoms with Crippen LogP contribution in [0.15, 0.2) is 0 Å². The predicted molar refractivity (Wildman–Crippen MR) is 305 cm³/mol. The van der Waals surface area contributed by atoms with E-state index in [0.29, 0.717) is 95.9 Å². The van der Waals surface area contributed by atoms with E-state index in [1.54, 1.807) is 14.0 Å². The highest BCUT2D eigenvalue weighted by Gasteiger charge is 2.40. The van der Waals surface area contributed by atoms with Gasteiger partial charge >= 0.3 is 65.7 Å². The molecule has 11 aliphatic heterocycles. The van der Waals surface area contributed by atoms with Crippen LogP contribution in [0.5, 0.6) is 0 Å². The molecule has 11 fully saturated rings. The molecular formula is C61H100O25. The number of aliphatic hydroxyl groups is 1. The van der Waals surface area contributed by atoms with Crippen LogP contribution in [0.3, 0.4) is 0 Å². The standard InChI is InChI=1S/C8H12O5.2C6H10O2.C6H12O2.2C6H10O2.3C5H8O2.2C4H6O2/c1-5-2-8(12,3-6(9)10)4-7(11)13-5;1-5-2-3-8-6(7)4-5;1-5-2-3-6(7)8-4-5;1-7-6-4-2-3-5-8-6;1-5-3-2-4-8-6(5)7;1-5-3-2-4-6(7)8-5;1-4-2-5(6)7-3-4;1-4-2-3-7-5(4)6;1-4-2-3-5(6)7-4;1-3-2-6-4(3)5;1-3-2-4(5)6-3/h5,12H,2-4H2,1H3,(H,9,10);2*5H,2-4H2,1H3;6H,2-5H2,1H3;2*5H,2-4H2,1H3;3*4H,2-3H2,1H3;2*3H,2H2,1H3. The molecule has 11 rings (SSSR count). The van der Waals surface area contributed by atoms with Gasteiger partial charge in [0.05, 0.1) is 94.3 Å². The summed E-state index contributed by atoms with van der Waals surface area (Å²) in [6.45, 7) is 23.8. The van der Waals surface area contributed by atoms with Crippen LogP contribution in [0.25, 0.3) is 0 Å². The van der Waals surface area contributed by atoms with Crippen LogP contribution in [0.2, 0.25) is 0 Å². The van der Waals surface area contributed by atoms with E-state index >= 15 is 0 Å². The van der Waals surface area contributed by atoms with Crippen LogP contribution in [0.1, 0.15) is 198 Å². The average molecular weight is 1230 g/mol. The summed E-state index contributed by atoms with van der Waals surface area (Å²) in [4.78, 5) is 114. The van der Waals surface area contributed by atoms with Crippen LogP contribution in [0.4, 0.5) is 0 Å². The van der Waals surface area contributed by atoms with E-state index < -0.39 is 30.1 Å². The van der Waals surface area contributed by atoms with Gasteiger partial charge in [-0.15, -0.1) is 0 Å². The topological polar surface area (TPSA) is 339 Å². The fraction of sp³-hybridized carbons (Fsp3) is 0.820. The number of hydrogen-bond donors (Lipinski definition) is 2. The predicted octanol–water partition coefficient (Wildman–Crippen LogP) is 7.41. The van der Waals surface area contributed by atoms with Crippen molar-refractivity contribution in [1.29, 1.82) is 0 Å². The van der Waals surface area contributed by atoms with Crippen LogP contribution in [-0.2, 0) is 110 Å². The van der Waals surface area contributed by atoms with E-state index in [1.165, 1.54) is 12.8 Å². The van der Waals surface area contributed by atoms with Crippen molar-refractivity contribution < 1.29 is 120 Å². The van der Waals surface area contributed by atoms with Gasteiger partial charge in [-0.05, 0) is 117 Å². The van der Waals surface area contributed by atoms with Gasteiger partial charge in [-0.3, -0.25) is 52.7 Å². The maximum atomic E-state index is 10.9. The van der Waals surface area contributed by atoms with Gasteiger partial charge in [0, 0.05) is 51.7 Å². The van der Waals surface area contributed by atoms with Crippen LogP contribution < -0.4 is 0 Å². The van der Waals surface area contributed by atoms with Crippen molar-refractivity contribution in [1.82, 2.24) is 0 Å². The summed E-state index contributed by atoms with van der Waals surface area (Å²) in [5, 5.41) is 18.2. The first-order chi connectivity index (χ1) is 40.5. The van der Waals surface area contributed by atoms with E-state index in [0.717, 1.165) is 64.4 Å². The minimum absolute atomic E-state index is 0.0312. The van der Waals surface area contributed by atoms with Gasteiger partial charge in [0.25, 0.3) is 0 Å². The quantitative estimate of drug-likeness (QED) is 0.205. The van der Waals surface area contributed by atoms with Gasteiger partial charge in [0.15, 0.2) is 6.29 Å². The zero-order chi connectivity index (χ0) is 64.8. The highest BCUT2D eigenvalue weighted by molar-refractivity contribution is 5.77. The SMILES string of the molecule is CC1CC(=O)O1.CC1CC(O)(CC(=O)O)CC(=O)O1.CC1CCC(=O)O1.CC1CCC(=O)OC1.CC1CCCC(=O)O1.CC1CCCOC1=O.CC1CCOC(=O)C1.CC1CCOC1=O.CC1COC(=O)C1.CC1COC1=O.COC1CCCCO1. The molecule has 2 N–H and O–H groups in total. The van der Waals surface area contributed by atoms with Crippen molar-refractivity contribution in [2.24, 2.45) is 35.5 Å². The largest absolute Gasteiger partial charge is 0.481 e. The van der Waals surface area contributed by atoms with Crippen molar-refractivity contribution in [2.45, 2.75) is 234 Å². The molecule has 11 aliphatic rings. The number of carbonyl (C=O) groups excluding carboxylic acids is 10. The maximum absolute atomic E-state index is 10.9. The second-order valence-electron chi connectivity index (χ2n) is 23.3. The van der Waals surface area contributed by atoms with E-state index in [2.05, 4.69) is 32.8 Å². The third-order valence-electron chi connectivity index (χ3n) is 13.9. The molecule has 12 atom stereocenters. The molecule has 0 spiro atoms. The fourth-order valence-corrected chi connectivity index (χ4v) is 8.43. The molecule has 12 unspecified atom stereocenters. The van der Waals surface area contributed by atoms with Crippen molar-refractivity contribution in [3.8, 4) is 0 Å². The van der Waals surface area contributed by atoms with Crippen molar-refractivity contribution in [3.63, 3.8) is 0 Å². The van der Waals surface area contributed by atoms with Gasteiger partial charge in [-0.25, -0.2) is 0 Å². The van der Waals surface area contributed by atoms with Crippen LogP contribution >= 0.6 is 0 Å². The molecule has 0 aromatic heterocycles. The molecule has 11 heterocycles. The number of carbonyl (C=O) groups is 11. The van der Waals surface area contributed by atoms with Crippen molar-refractivity contribution in [2.75, 3.05) is 53.4 Å². The summed E-state index contributed by atoms with van der Waals surface area (Å²) in [7, 11) is 1.69. The monoisotopic (exact) mass is 1230 g/mol. The van der Waals surface area contributed by atoms with E-state index in [1.807, 2.05) is 48.5 Å². The zero-order valence-corrected chi connectivity index (χ0v) is 52.7. The Morgan fingerprint density at radius 1 is 0.442 bits per heavy atom. The van der Waals surface area contributed by atoms with E-state index in [-0.39, 0.29) is 109 Å². The smallest absolute Gasteiger partial charge is 0.312 e. The number of cyclic esters (lactones) is 10. The first-order valence-electron chi connectivity index (χ1n) is 30.3. The third-order valence-corrected chi connectivity index (χ3v) is 13.9. The first kappa shape index (κ1) is 78.1. The number of rotatable bonds is 3. The molecule has 25 nitrogen and oxygen atoms in total. The summed E-state index contributed by atoms with van der Waals surface area (Å²) in [6.07, 6.45) is 14.8. The molecule has 0 bridgehead atoms. The van der Waals surface area contributed by atoms with E-state index in [9.17, 15) is 57.8 Å². The number of hydrogen-bond acceptors (Lipinski definition) is 24. The van der Waals surface area contributed by atoms with Crippen LogP contribution in [-0.4, -0.2) is 166 Å². The molecule has 0 aromatic carbocycles. The molecule has 25 heteroatoms. The fourth-order valence-electron chi connectivity index (χ4n) is 8.43. The highest BCUT2D eigenvalue weighted by atomic mass is 16.7. The Morgan fingerprint density at radius 3 is 1.26 bits per heavy atom. The highest BCUT2D eigenvalue weighted by Crippen LogP contribution is 2.28. The Balaban J connectivity index is 0.000000476. The zero-order valence-electron chi connectivity index (χ0n) is 52.7. The van der Waals surface area contributed by atoms with Gasteiger partial charge in [0.2, 0.25) is 0 Å². The molecule has 0 saturated carbocycles. The third kappa shape index (κ3) is 39.0. The molecule has 494 valence electrons. The Labute approximate surface area is 506 Å². The second kappa shape index (κ2) is 43.6. The molecule has 0 aromatic rings. The summed E-state index contributed by atoms with van der Waals surface area (Å²) < 4.78 is 56.9. The number of esters is 10. The van der Waals surface area contributed by atoms with Crippen molar-refractivity contribution >= 4 is 65.7 Å². The molecule has 0 amide bonds.